The molecule has 2 aliphatic rings. The quantitative estimate of drug-likeness (QED) is 0.427. The molecule has 0 radical (unpaired) electrons. The number of H-pyrrole nitrogens is 1. The van der Waals surface area contributed by atoms with Crippen LogP contribution in [-0.2, 0) is 5.41 Å². The highest BCUT2D eigenvalue weighted by Gasteiger charge is 2.35. The first-order valence-corrected chi connectivity index (χ1v) is 13.3. The Labute approximate surface area is 221 Å². The third-order valence-electron chi connectivity index (χ3n) is 8.07. The van der Waals surface area contributed by atoms with E-state index >= 15 is 0 Å². The van der Waals surface area contributed by atoms with E-state index in [4.69, 9.17) is 0 Å². The number of aromatic nitrogens is 4. The first-order valence-electron chi connectivity index (χ1n) is 13.3. The summed E-state index contributed by atoms with van der Waals surface area (Å²) in [5, 5.41) is 7.67. The first kappa shape index (κ1) is 24.2. The Hall–Kier alpha value is -4.14. The molecule has 0 aliphatic carbocycles. The Morgan fingerprint density at radius 1 is 1.05 bits per heavy atom. The fourth-order valence-electron chi connectivity index (χ4n) is 5.82. The van der Waals surface area contributed by atoms with Crippen LogP contribution in [0.15, 0.2) is 65.7 Å². The van der Waals surface area contributed by atoms with Gasteiger partial charge >= 0.3 is 0 Å². The lowest BCUT2D eigenvalue weighted by Gasteiger charge is -2.33. The SMILES string of the molecule is Cc1cc(N2CC[C@](C)(c3ccccc3)C2)cn2nc(C(=O)NC3CCN(c4cc[nH]c(=O)c4)CC3)nc12. The van der Waals surface area contributed by atoms with Crippen LogP contribution in [0.3, 0.4) is 0 Å². The van der Waals surface area contributed by atoms with Crippen molar-refractivity contribution in [1.82, 2.24) is 24.9 Å². The number of benzene rings is 1. The Balaban J connectivity index is 1.13. The number of piperidine rings is 1. The van der Waals surface area contributed by atoms with Gasteiger partial charge in [-0.2, -0.15) is 0 Å². The average Bonchev–Trinajstić information content (AvgIpc) is 3.55. The maximum atomic E-state index is 13.1. The molecule has 0 bridgehead atoms. The molecule has 1 aromatic carbocycles. The van der Waals surface area contributed by atoms with Crippen molar-refractivity contribution in [2.24, 2.45) is 0 Å². The molecular formula is C29H33N7O2. The second-order valence-electron chi connectivity index (χ2n) is 10.8. The van der Waals surface area contributed by atoms with Crippen LogP contribution >= 0.6 is 0 Å². The highest BCUT2D eigenvalue weighted by atomic mass is 16.2. The molecule has 4 aromatic rings. The van der Waals surface area contributed by atoms with Crippen LogP contribution in [0.5, 0.6) is 0 Å². The highest BCUT2D eigenvalue weighted by Crippen LogP contribution is 2.36. The summed E-state index contributed by atoms with van der Waals surface area (Å²) < 4.78 is 1.74. The number of fused-ring (bicyclic) bond motifs is 1. The molecule has 196 valence electrons. The first-order chi connectivity index (χ1) is 18.4. The standard InChI is InChI=1S/C29H33N7O2/c1-20-16-24(35-15-11-29(2,19-35)21-6-4-3-5-7-21)18-36-27(20)32-26(33-36)28(38)31-22-9-13-34(14-10-22)23-8-12-30-25(37)17-23/h3-8,12,16-18,22H,9-11,13-15,19H2,1-2H3,(H,30,37)(H,31,38)/t29-/m0/s1. The van der Waals surface area contributed by atoms with Gasteiger partial charge in [0.25, 0.3) is 5.91 Å². The average molecular weight is 512 g/mol. The number of pyridine rings is 2. The van der Waals surface area contributed by atoms with Crippen molar-refractivity contribution in [3.63, 3.8) is 0 Å². The molecular weight excluding hydrogens is 478 g/mol. The monoisotopic (exact) mass is 511 g/mol. The largest absolute Gasteiger partial charge is 0.371 e. The van der Waals surface area contributed by atoms with Gasteiger partial charge in [0.15, 0.2) is 5.65 Å². The topological polar surface area (TPSA) is 98.6 Å². The number of aryl methyl sites for hydroxylation is 1. The summed E-state index contributed by atoms with van der Waals surface area (Å²) in [5.74, 6) is -0.0556. The van der Waals surface area contributed by atoms with Crippen molar-refractivity contribution in [2.45, 2.75) is 44.6 Å². The van der Waals surface area contributed by atoms with Crippen molar-refractivity contribution in [2.75, 3.05) is 36.0 Å². The van der Waals surface area contributed by atoms with Crippen LogP contribution < -0.4 is 20.7 Å². The van der Waals surface area contributed by atoms with Gasteiger partial charge in [-0.15, -0.1) is 5.10 Å². The Bertz CT molecular complexity index is 1520. The molecule has 9 heteroatoms. The molecule has 1 amide bonds. The van der Waals surface area contributed by atoms with Gasteiger partial charge in [-0.05, 0) is 49.4 Å². The van der Waals surface area contributed by atoms with E-state index in [9.17, 15) is 9.59 Å². The van der Waals surface area contributed by atoms with E-state index in [1.807, 2.05) is 19.2 Å². The summed E-state index contributed by atoms with van der Waals surface area (Å²) in [6.45, 7) is 7.79. The van der Waals surface area contributed by atoms with Crippen molar-refractivity contribution in [1.29, 1.82) is 0 Å². The van der Waals surface area contributed by atoms with Crippen molar-refractivity contribution >= 4 is 22.9 Å². The lowest BCUT2D eigenvalue weighted by molar-refractivity contribution is 0.0921. The van der Waals surface area contributed by atoms with Gasteiger partial charge < -0.3 is 20.1 Å². The molecule has 2 N–H and O–H groups in total. The number of hydrogen-bond acceptors (Lipinski definition) is 6. The van der Waals surface area contributed by atoms with Crippen molar-refractivity contribution in [3.05, 3.63) is 88.2 Å². The van der Waals surface area contributed by atoms with Crippen LogP contribution in [0.1, 0.15) is 47.9 Å². The molecule has 2 aliphatic heterocycles. The van der Waals surface area contributed by atoms with Crippen LogP contribution in [-0.4, -0.2) is 57.7 Å². The van der Waals surface area contributed by atoms with Gasteiger partial charge in [-0.3, -0.25) is 9.59 Å². The minimum atomic E-state index is -0.248. The van der Waals surface area contributed by atoms with E-state index in [0.29, 0.717) is 5.65 Å². The van der Waals surface area contributed by atoms with E-state index in [-0.39, 0.29) is 28.7 Å². The molecule has 0 unspecified atom stereocenters. The third-order valence-corrected chi connectivity index (χ3v) is 8.07. The number of nitrogens with zero attached hydrogens (tertiary/aromatic N) is 5. The molecule has 0 saturated carbocycles. The molecule has 6 rings (SSSR count). The van der Waals surface area contributed by atoms with E-state index in [1.165, 1.54) is 5.56 Å². The predicted octanol–water partition coefficient (Wildman–Crippen LogP) is 3.29. The van der Waals surface area contributed by atoms with Gasteiger partial charge in [0.05, 0.1) is 11.9 Å². The van der Waals surface area contributed by atoms with Gasteiger partial charge in [0, 0.05) is 55.6 Å². The third kappa shape index (κ3) is 4.64. The molecule has 0 spiro atoms. The maximum absolute atomic E-state index is 13.1. The van der Waals surface area contributed by atoms with Crippen LogP contribution in [0.25, 0.3) is 5.65 Å². The molecule has 3 aromatic heterocycles. The summed E-state index contributed by atoms with van der Waals surface area (Å²) in [7, 11) is 0. The number of amides is 1. The zero-order valence-electron chi connectivity index (χ0n) is 21.9. The highest BCUT2D eigenvalue weighted by molar-refractivity contribution is 5.91. The van der Waals surface area contributed by atoms with Crippen LogP contribution in [0.4, 0.5) is 11.4 Å². The lowest BCUT2D eigenvalue weighted by Crippen LogP contribution is -2.45. The summed E-state index contributed by atoms with van der Waals surface area (Å²) in [6.07, 6.45) is 6.33. The van der Waals surface area contributed by atoms with Gasteiger partial charge in [0.1, 0.15) is 0 Å². The van der Waals surface area contributed by atoms with Crippen LogP contribution in [0.2, 0.25) is 0 Å². The van der Waals surface area contributed by atoms with E-state index in [0.717, 1.165) is 62.4 Å². The second kappa shape index (κ2) is 9.63. The molecule has 9 nitrogen and oxygen atoms in total. The number of anilines is 2. The van der Waals surface area contributed by atoms with E-state index < -0.39 is 0 Å². The summed E-state index contributed by atoms with van der Waals surface area (Å²) >= 11 is 0. The van der Waals surface area contributed by atoms with Crippen LogP contribution in [0, 0.1) is 6.92 Å². The second-order valence-corrected chi connectivity index (χ2v) is 10.8. The van der Waals surface area contributed by atoms with Gasteiger partial charge in [-0.25, -0.2) is 9.50 Å². The predicted molar refractivity (Wildman–Crippen MR) is 148 cm³/mol. The number of rotatable bonds is 5. The Morgan fingerprint density at radius 3 is 2.61 bits per heavy atom. The molecule has 1 atom stereocenters. The zero-order valence-corrected chi connectivity index (χ0v) is 21.9. The molecule has 2 saturated heterocycles. The summed E-state index contributed by atoms with van der Waals surface area (Å²) in [6, 6.07) is 16.4. The number of nitrogens with one attached hydrogen (secondary N) is 2. The molecule has 2 fully saturated rings. The van der Waals surface area contributed by atoms with Gasteiger partial charge in [0.2, 0.25) is 11.4 Å². The number of carbonyl (C=O) groups is 1. The summed E-state index contributed by atoms with van der Waals surface area (Å²) in [5.41, 5.74) is 5.06. The maximum Gasteiger partial charge on any atom is 0.291 e. The number of carbonyl (C=O) groups excluding carboxylic acids is 1. The molecule has 5 heterocycles. The van der Waals surface area contributed by atoms with Gasteiger partial charge in [-0.1, -0.05) is 37.3 Å². The Morgan fingerprint density at radius 2 is 1.84 bits per heavy atom. The minimum Gasteiger partial charge on any atom is -0.371 e. The number of aromatic amines is 1. The lowest BCUT2D eigenvalue weighted by atomic mass is 9.82. The van der Waals surface area contributed by atoms with Crippen molar-refractivity contribution < 1.29 is 4.79 Å². The smallest absolute Gasteiger partial charge is 0.291 e. The van der Waals surface area contributed by atoms with E-state index in [1.54, 1.807) is 16.8 Å². The van der Waals surface area contributed by atoms with Crippen molar-refractivity contribution in [3.8, 4) is 0 Å². The fraction of sp³-hybridized carbons (Fsp3) is 0.379. The Kier molecular flexibility index (Phi) is 6.13. The molecule has 38 heavy (non-hydrogen) atoms. The minimum absolute atomic E-state index is 0.0456. The number of hydrogen-bond donors (Lipinski definition) is 2. The summed E-state index contributed by atoms with van der Waals surface area (Å²) in [4.78, 5) is 36.5. The normalized spacial score (nSPS) is 20.3. The van der Waals surface area contributed by atoms with E-state index in [2.05, 4.69) is 73.5 Å². The fourth-order valence-corrected chi connectivity index (χ4v) is 5.82. The zero-order chi connectivity index (χ0) is 26.3.